The Kier molecular flexibility index (Phi) is 5.10. The molecule has 0 aliphatic carbocycles. The first kappa shape index (κ1) is 11.9. The maximum atomic E-state index is 5.31. The summed E-state index contributed by atoms with van der Waals surface area (Å²) in [5.41, 5.74) is 0. The van der Waals surface area contributed by atoms with Crippen molar-refractivity contribution >= 4 is 19.4 Å². The average molecular weight is 282 g/mol. The zero-order valence-corrected chi connectivity index (χ0v) is 11.1. The molecule has 16 heavy (non-hydrogen) atoms. The first-order chi connectivity index (χ1) is 7.95. The van der Waals surface area contributed by atoms with Crippen LogP contribution in [0.4, 0.5) is 0 Å². The first-order valence-electron chi connectivity index (χ1n) is 5.62. The van der Waals surface area contributed by atoms with Crippen molar-refractivity contribution in [2.24, 2.45) is 0 Å². The molecule has 1 aliphatic rings. The second kappa shape index (κ2) is 6.87. The third-order valence-corrected chi connectivity index (χ3v) is 4.34. The van der Waals surface area contributed by atoms with Crippen LogP contribution < -0.4 is 4.46 Å². The van der Waals surface area contributed by atoms with Gasteiger partial charge in [-0.15, -0.1) is 0 Å². The third-order valence-electron chi connectivity index (χ3n) is 2.51. The van der Waals surface area contributed by atoms with E-state index in [1.165, 1.54) is 4.46 Å². The van der Waals surface area contributed by atoms with Crippen molar-refractivity contribution in [3.8, 4) is 0 Å². The van der Waals surface area contributed by atoms with Gasteiger partial charge < -0.3 is 0 Å². The molecule has 1 aromatic carbocycles. The van der Waals surface area contributed by atoms with E-state index in [1.54, 1.807) is 0 Å². The normalized spacial score (nSPS) is 18.0. The minimum atomic E-state index is 0.480. The molecule has 0 amide bonds. The van der Waals surface area contributed by atoms with Crippen molar-refractivity contribution in [3.05, 3.63) is 41.4 Å². The molecule has 0 radical (unpaired) electrons. The van der Waals surface area contributed by atoms with Crippen LogP contribution in [-0.4, -0.2) is 52.7 Å². The van der Waals surface area contributed by atoms with Crippen LogP contribution in [0.3, 0.4) is 0 Å². The molecule has 0 bridgehead atoms. The van der Waals surface area contributed by atoms with E-state index in [0.29, 0.717) is 15.0 Å². The van der Waals surface area contributed by atoms with Gasteiger partial charge in [0.05, 0.1) is 0 Å². The molecule has 86 valence electrons. The van der Waals surface area contributed by atoms with Gasteiger partial charge in [0.15, 0.2) is 0 Å². The Morgan fingerprint density at radius 2 is 1.94 bits per heavy atom. The molecule has 2 nitrogen and oxygen atoms in total. The Bertz CT molecular complexity index is 320. The van der Waals surface area contributed by atoms with E-state index in [-0.39, 0.29) is 0 Å². The number of ether oxygens (including phenoxy) is 1. The molecule has 3 heteroatoms. The van der Waals surface area contributed by atoms with E-state index in [4.69, 9.17) is 4.74 Å². The summed E-state index contributed by atoms with van der Waals surface area (Å²) in [6.45, 7) is 4.98. The summed E-state index contributed by atoms with van der Waals surface area (Å²) in [5, 5.41) is 0. The maximum absolute atomic E-state index is 5.31. The van der Waals surface area contributed by atoms with Crippen molar-refractivity contribution in [1.29, 1.82) is 0 Å². The van der Waals surface area contributed by atoms with Gasteiger partial charge in [0.2, 0.25) is 0 Å². The number of rotatable bonds is 4. The molecule has 2 rings (SSSR count). The molecule has 1 aliphatic heterocycles. The number of morpholine rings is 1. The van der Waals surface area contributed by atoms with Crippen molar-refractivity contribution in [2.45, 2.75) is 0 Å². The number of hydrogen-bond donors (Lipinski definition) is 0. The van der Waals surface area contributed by atoms with E-state index in [1.807, 2.05) is 0 Å². The monoisotopic (exact) mass is 283 g/mol. The summed E-state index contributed by atoms with van der Waals surface area (Å²) in [5.74, 6) is 0. The molecule has 0 N–H and O–H groups in total. The molecular formula is C13H17NOSe. The van der Waals surface area contributed by atoms with Crippen molar-refractivity contribution in [3.63, 3.8) is 0 Å². The zero-order chi connectivity index (χ0) is 11.1. The molecule has 0 atom stereocenters. The van der Waals surface area contributed by atoms with Crippen LogP contribution in [0.2, 0.25) is 0 Å². The average Bonchev–Trinajstić information content (AvgIpc) is 2.37. The van der Waals surface area contributed by atoms with Gasteiger partial charge in [0.1, 0.15) is 0 Å². The van der Waals surface area contributed by atoms with Crippen LogP contribution in [0.1, 0.15) is 0 Å². The Hall–Kier alpha value is -0.601. The fraction of sp³-hybridized carbons (Fsp3) is 0.385. The van der Waals surface area contributed by atoms with Crippen LogP contribution in [0.5, 0.6) is 0 Å². The second-order valence-electron chi connectivity index (χ2n) is 3.72. The van der Waals surface area contributed by atoms with Crippen LogP contribution in [0, 0.1) is 0 Å². The number of nitrogens with zero attached hydrogens (tertiary/aromatic N) is 1. The fourth-order valence-corrected chi connectivity index (χ4v) is 2.97. The molecule has 1 saturated heterocycles. The molecule has 0 spiro atoms. The van der Waals surface area contributed by atoms with E-state index >= 15 is 0 Å². The molecule has 1 aromatic rings. The van der Waals surface area contributed by atoms with Gasteiger partial charge in [0.25, 0.3) is 0 Å². The quantitative estimate of drug-likeness (QED) is 0.760. The van der Waals surface area contributed by atoms with Gasteiger partial charge >= 0.3 is 103 Å². The zero-order valence-electron chi connectivity index (χ0n) is 9.34. The van der Waals surface area contributed by atoms with Crippen molar-refractivity contribution < 1.29 is 4.74 Å². The molecule has 0 unspecified atom stereocenters. The van der Waals surface area contributed by atoms with E-state index in [9.17, 15) is 0 Å². The summed E-state index contributed by atoms with van der Waals surface area (Å²) >= 11 is 0.480. The van der Waals surface area contributed by atoms with E-state index < -0.39 is 0 Å². The molecule has 0 aromatic heterocycles. The van der Waals surface area contributed by atoms with Gasteiger partial charge in [-0.2, -0.15) is 0 Å². The summed E-state index contributed by atoms with van der Waals surface area (Å²) in [6.07, 6.45) is 2.29. The van der Waals surface area contributed by atoms with Crippen LogP contribution in [0.15, 0.2) is 41.4 Å². The van der Waals surface area contributed by atoms with Gasteiger partial charge in [-0.25, -0.2) is 0 Å². The SMILES string of the molecule is C(=C/[Se]c1ccccc1)/CN1CCOCC1. The van der Waals surface area contributed by atoms with Crippen LogP contribution in [-0.2, 0) is 4.74 Å². The summed E-state index contributed by atoms with van der Waals surface area (Å²) in [4.78, 5) is 4.75. The Morgan fingerprint density at radius 1 is 1.19 bits per heavy atom. The second-order valence-corrected chi connectivity index (χ2v) is 5.77. The number of hydrogen-bond acceptors (Lipinski definition) is 2. The third kappa shape index (κ3) is 4.11. The molecule has 1 fully saturated rings. The molecule has 0 saturated carbocycles. The Morgan fingerprint density at radius 3 is 2.69 bits per heavy atom. The predicted molar refractivity (Wildman–Crippen MR) is 68.2 cm³/mol. The summed E-state index contributed by atoms with van der Waals surface area (Å²) < 4.78 is 6.75. The van der Waals surface area contributed by atoms with Crippen LogP contribution in [0.25, 0.3) is 0 Å². The standard InChI is InChI=1S/C13H17NOSe/c1-2-5-13(6-3-1)16-12-4-7-14-8-10-15-11-9-14/h1-6,12H,7-11H2/b12-4-. The Labute approximate surface area is 103 Å². The Balaban J connectivity index is 1.69. The number of benzene rings is 1. The van der Waals surface area contributed by atoms with Gasteiger partial charge in [0, 0.05) is 0 Å². The van der Waals surface area contributed by atoms with E-state index in [2.05, 4.69) is 46.3 Å². The minimum absolute atomic E-state index is 0.480. The van der Waals surface area contributed by atoms with Gasteiger partial charge in [-0.3, -0.25) is 0 Å². The summed E-state index contributed by atoms with van der Waals surface area (Å²) in [7, 11) is 0. The van der Waals surface area contributed by atoms with Crippen molar-refractivity contribution in [2.75, 3.05) is 32.8 Å². The molecular weight excluding hydrogens is 265 g/mol. The summed E-state index contributed by atoms with van der Waals surface area (Å²) in [6, 6.07) is 10.7. The fourth-order valence-electron chi connectivity index (χ4n) is 1.60. The van der Waals surface area contributed by atoms with Crippen molar-refractivity contribution in [1.82, 2.24) is 4.90 Å². The first-order valence-corrected chi connectivity index (χ1v) is 7.46. The van der Waals surface area contributed by atoms with Gasteiger partial charge in [-0.1, -0.05) is 0 Å². The molecule has 1 heterocycles. The predicted octanol–water partition coefficient (Wildman–Crippen LogP) is 0.862. The van der Waals surface area contributed by atoms with Crippen LogP contribution >= 0.6 is 0 Å². The topological polar surface area (TPSA) is 12.5 Å². The van der Waals surface area contributed by atoms with E-state index in [0.717, 1.165) is 32.8 Å². The van der Waals surface area contributed by atoms with Gasteiger partial charge in [-0.05, 0) is 0 Å².